The van der Waals surface area contributed by atoms with E-state index in [9.17, 15) is 0 Å². The summed E-state index contributed by atoms with van der Waals surface area (Å²) in [6, 6.07) is 4.03. The van der Waals surface area contributed by atoms with E-state index in [1.54, 1.807) is 0 Å². The predicted octanol–water partition coefficient (Wildman–Crippen LogP) is 2.17. The van der Waals surface area contributed by atoms with E-state index in [1.807, 2.05) is 12.3 Å². The lowest BCUT2D eigenvalue weighted by Gasteiger charge is -2.38. The monoisotopic (exact) mass is 219 g/mol. The third kappa shape index (κ3) is 2.35. The van der Waals surface area contributed by atoms with Crippen LogP contribution >= 0.6 is 0 Å². The van der Waals surface area contributed by atoms with Gasteiger partial charge >= 0.3 is 0 Å². The SMILES string of the molecule is CC1(C)CCN(c2ncccc2CN)CC1. The average molecular weight is 219 g/mol. The molecule has 0 unspecified atom stereocenters. The Labute approximate surface area is 97.7 Å². The lowest BCUT2D eigenvalue weighted by molar-refractivity contribution is 0.279. The highest BCUT2D eigenvalue weighted by molar-refractivity contribution is 5.47. The summed E-state index contributed by atoms with van der Waals surface area (Å²) < 4.78 is 0. The van der Waals surface area contributed by atoms with Crippen LogP contribution in [0.15, 0.2) is 18.3 Å². The first-order chi connectivity index (χ1) is 7.62. The summed E-state index contributed by atoms with van der Waals surface area (Å²) in [7, 11) is 0. The number of piperidine rings is 1. The smallest absolute Gasteiger partial charge is 0.132 e. The van der Waals surface area contributed by atoms with Gasteiger partial charge in [-0.3, -0.25) is 0 Å². The van der Waals surface area contributed by atoms with Gasteiger partial charge < -0.3 is 10.6 Å². The van der Waals surface area contributed by atoms with Gasteiger partial charge in [0.05, 0.1) is 0 Å². The van der Waals surface area contributed by atoms with Gasteiger partial charge in [-0.05, 0) is 24.3 Å². The number of hydrogen-bond acceptors (Lipinski definition) is 3. The fraction of sp³-hybridized carbons (Fsp3) is 0.615. The third-order valence-corrected chi connectivity index (χ3v) is 3.50. The molecule has 1 aliphatic rings. The van der Waals surface area contributed by atoms with E-state index in [-0.39, 0.29) is 0 Å². The van der Waals surface area contributed by atoms with Gasteiger partial charge in [-0.2, -0.15) is 0 Å². The fourth-order valence-corrected chi connectivity index (χ4v) is 2.20. The molecule has 0 bridgehead atoms. The van der Waals surface area contributed by atoms with Gasteiger partial charge in [0.1, 0.15) is 5.82 Å². The minimum Gasteiger partial charge on any atom is -0.356 e. The normalized spacial score (nSPS) is 19.8. The van der Waals surface area contributed by atoms with Gasteiger partial charge in [0.15, 0.2) is 0 Å². The Morgan fingerprint density at radius 3 is 2.69 bits per heavy atom. The molecule has 0 spiro atoms. The van der Waals surface area contributed by atoms with Crippen LogP contribution in [0.1, 0.15) is 32.3 Å². The Balaban J connectivity index is 2.14. The van der Waals surface area contributed by atoms with Crippen molar-refractivity contribution < 1.29 is 0 Å². The van der Waals surface area contributed by atoms with Crippen LogP contribution in [-0.2, 0) is 6.54 Å². The quantitative estimate of drug-likeness (QED) is 0.829. The standard InChI is InChI=1S/C13H21N3/c1-13(2)5-8-16(9-6-13)12-11(10-14)4-3-7-15-12/h3-4,7H,5-6,8-10,14H2,1-2H3. The molecular formula is C13H21N3. The highest BCUT2D eigenvalue weighted by Crippen LogP contribution is 2.32. The second kappa shape index (κ2) is 4.42. The first-order valence-corrected chi connectivity index (χ1v) is 6.01. The van der Waals surface area contributed by atoms with Crippen molar-refractivity contribution in [2.24, 2.45) is 11.1 Å². The van der Waals surface area contributed by atoms with Crippen LogP contribution < -0.4 is 10.6 Å². The van der Waals surface area contributed by atoms with Crippen LogP contribution in [0, 0.1) is 5.41 Å². The molecule has 3 heteroatoms. The topological polar surface area (TPSA) is 42.2 Å². The third-order valence-electron chi connectivity index (χ3n) is 3.50. The lowest BCUT2D eigenvalue weighted by atomic mass is 9.82. The first-order valence-electron chi connectivity index (χ1n) is 6.01. The number of hydrogen-bond donors (Lipinski definition) is 1. The molecule has 0 aromatic carbocycles. The zero-order chi connectivity index (χ0) is 11.6. The molecule has 1 aromatic rings. The van der Waals surface area contributed by atoms with E-state index in [1.165, 1.54) is 12.8 Å². The summed E-state index contributed by atoms with van der Waals surface area (Å²) in [6.07, 6.45) is 4.31. The highest BCUT2D eigenvalue weighted by Gasteiger charge is 2.26. The molecular weight excluding hydrogens is 198 g/mol. The Morgan fingerprint density at radius 1 is 1.38 bits per heavy atom. The van der Waals surface area contributed by atoms with Gasteiger partial charge in [0.2, 0.25) is 0 Å². The molecule has 0 aliphatic carbocycles. The predicted molar refractivity (Wildman–Crippen MR) is 67.4 cm³/mol. The molecule has 1 saturated heterocycles. The minimum atomic E-state index is 0.480. The van der Waals surface area contributed by atoms with E-state index in [0.717, 1.165) is 24.5 Å². The Hall–Kier alpha value is -1.09. The van der Waals surface area contributed by atoms with Crippen LogP contribution in [0.2, 0.25) is 0 Å². The maximum atomic E-state index is 5.74. The molecule has 1 aromatic heterocycles. The minimum absolute atomic E-state index is 0.480. The number of rotatable bonds is 2. The van der Waals surface area contributed by atoms with Crippen molar-refractivity contribution in [2.75, 3.05) is 18.0 Å². The van der Waals surface area contributed by atoms with E-state index < -0.39 is 0 Å². The maximum Gasteiger partial charge on any atom is 0.132 e. The largest absolute Gasteiger partial charge is 0.356 e. The molecule has 1 fully saturated rings. The highest BCUT2D eigenvalue weighted by atomic mass is 15.2. The molecule has 0 radical (unpaired) electrons. The summed E-state index contributed by atoms with van der Waals surface area (Å²) >= 11 is 0. The van der Waals surface area contributed by atoms with Crippen LogP contribution in [-0.4, -0.2) is 18.1 Å². The molecule has 3 nitrogen and oxygen atoms in total. The van der Waals surface area contributed by atoms with Crippen LogP contribution in [0.3, 0.4) is 0 Å². The summed E-state index contributed by atoms with van der Waals surface area (Å²) in [5.74, 6) is 1.08. The first kappa shape index (κ1) is 11.4. The lowest BCUT2D eigenvalue weighted by Crippen LogP contribution is -2.38. The summed E-state index contributed by atoms with van der Waals surface area (Å²) in [4.78, 5) is 6.84. The number of aromatic nitrogens is 1. The summed E-state index contributed by atoms with van der Waals surface area (Å²) in [6.45, 7) is 7.44. The van der Waals surface area contributed by atoms with Crippen LogP contribution in [0.4, 0.5) is 5.82 Å². The van der Waals surface area contributed by atoms with Crippen molar-refractivity contribution in [1.29, 1.82) is 0 Å². The van der Waals surface area contributed by atoms with Gasteiger partial charge in [0.25, 0.3) is 0 Å². The van der Waals surface area contributed by atoms with E-state index in [4.69, 9.17) is 5.73 Å². The van der Waals surface area contributed by atoms with Crippen molar-refractivity contribution in [1.82, 2.24) is 4.98 Å². The van der Waals surface area contributed by atoms with Crippen molar-refractivity contribution in [2.45, 2.75) is 33.2 Å². The number of nitrogens with zero attached hydrogens (tertiary/aromatic N) is 2. The van der Waals surface area contributed by atoms with Crippen molar-refractivity contribution in [3.05, 3.63) is 23.9 Å². The second-order valence-corrected chi connectivity index (χ2v) is 5.34. The van der Waals surface area contributed by atoms with Gasteiger partial charge in [-0.25, -0.2) is 4.98 Å². The van der Waals surface area contributed by atoms with Crippen molar-refractivity contribution in [3.63, 3.8) is 0 Å². The molecule has 2 N–H and O–H groups in total. The summed E-state index contributed by atoms with van der Waals surface area (Å²) in [5.41, 5.74) is 7.38. The molecule has 2 rings (SSSR count). The van der Waals surface area contributed by atoms with E-state index >= 15 is 0 Å². The second-order valence-electron chi connectivity index (χ2n) is 5.34. The van der Waals surface area contributed by atoms with Crippen LogP contribution in [0.5, 0.6) is 0 Å². The van der Waals surface area contributed by atoms with Crippen molar-refractivity contribution >= 4 is 5.82 Å². The number of nitrogens with two attached hydrogens (primary N) is 1. The molecule has 1 aliphatic heterocycles. The van der Waals surface area contributed by atoms with Crippen LogP contribution in [0.25, 0.3) is 0 Å². The Kier molecular flexibility index (Phi) is 3.15. The molecule has 0 amide bonds. The Bertz CT molecular complexity index is 350. The van der Waals surface area contributed by atoms with Gasteiger partial charge in [-0.1, -0.05) is 19.9 Å². The Morgan fingerprint density at radius 2 is 2.06 bits per heavy atom. The maximum absolute atomic E-state index is 5.74. The molecule has 88 valence electrons. The number of pyridine rings is 1. The number of anilines is 1. The van der Waals surface area contributed by atoms with Gasteiger partial charge in [0, 0.05) is 31.4 Å². The molecule has 2 heterocycles. The van der Waals surface area contributed by atoms with E-state index in [2.05, 4.69) is 29.8 Å². The van der Waals surface area contributed by atoms with Crippen molar-refractivity contribution in [3.8, 4) is 0 Å². The summed E-state index contributed by atoms with van der Waals surface area (Å²) in [5, 5.41) is 0. The fourth-order valence-electron chi connectivity index (χ4n) is 2.20. The van der Waals surface area contributed by atoms with Gasteiger partial charge in [-0.15, -0.1) is 0 Å². The molecule has 16 heavy (non-hydrogen) atoms. The zero-order valence-corrected chi connectivity index (χ0v) is 10.2. The van der Waals surface area contributed by atoms with E-state index in [0.29, 0.717) is 12.0 Å². The molecule has 0 saturated carbocycles. The molecule has 0 atom stereocenters. The zero-order valence-electron chi connectivity index (χ0n) is 10.2. The average Bonchev–Trinajstić information content (AvgIpc) is 2.29.